The van der Waals surface area contributed by atoms with Crippen molar-refractivity contribution in [3.63, 3.8) is 0 Å². The van der Waals surface area contributed by atoms with Crippen molar-refractivity contribution in [2.24, 2.45) is 11.3 Å². The summed E-state index contributed by atoms with van der Waals surface area (Å²) in [5.41, 5.74) is 3.07. The van der Waals surface area contributed by atoms with E-state index in [2.05, 4.69) is 33.7 Å². The number of amides is 1. The minimum absolute atomic E-state index is 0.0770. The topological polar surface area (TPSA) is 59.8 Å². The molecule has 0 radical (unpaired) electrons. The van der Waals surface area contributed by atoms with Gasteiger partial charge in [-0.15, -0.1) is 0 Å². The van der Waals surface area contributed by atoms with Crippen molar-refractivity contribution in [1.29, 1.82) is 0 Å². The lowest BCUT2D eigenvalue weighted by atomic mass is 9.93. The fourth-order valence-corrected chi connectivity index (χ4v) is 3.47. The summed E-state index contributed by atoms with van der Waals surface area (Å²) in [5, 5.41) is 3.05. The summed E-state index contributed by atoms with van der Waals surface area (Å²) in [7, 11) is 0. The number of imidazole rings is 1. The van der Waals surface area contributed by atoms with Crippen molar-refractivity contribution in [3.05, 3.63) is 17.8 Å². The minimum Gasteiger partial charge on any atom is -0.296 e. The fraction of sp³-hybridized carbons (Fsp3) is 0.611. The largest absolute Gasteiger partial charge is 0.296 e. The first-order chi connectivity index (χ1) is 10.9. The van der Waals surface area contributed by atoms with Crippen molar-refractivity contribution in [2.75, 3.05) is 5.32 Å². The van der Waals surface area contributed by atoms with Crippen LogP contribution in [-0.2, 0) is 4.79 Å². The van der Waals surface area contributed by atoms with Crippen LogP contribution < -0.4 is 5.32 Å². The fourth-order valence-electron chi connectivity index (χ4n) is 3.47. The van der Waals surface area contributed by atoms with Crippen LogP contribution in [0.1, 0.15) is 57.7 Å². The number of fused-ring (bicyclic) bond motifs is 1. The standard InChI is InChI=1S/C18H24N4O/c1-11-7-8-14-16(19-11)22(13-5-4-6-13)17(20-14)21-15(23)9-12-10-18(12,2)3/h7-8,12-13H,4-6,9-10H2,1-3H3,(H,20,21,23). The van der Waals surface area contributed by atoms with Gasteiger partial charge >= 0.3 is 0 Å². The van der Waals surface area contributed by atoms with Gasteiger partial charge < -0.3 is 0 Å². The Labute approximate surface area is 136 Å². The van der Waals surface area contributed by atoms with E-state index in [9.17, 15) is 4.79 Å². The second-order valence-corrected chi connectivity index (χ2v) is 7.83. The molecular weight excluding hydrogens is 288 g/mol. The summed E-state index contributed by atoms with van der Waals surface area (Å²) >= 11 is 0. The lowest BCUT2D eigenvalue weighted by Crippen LogP contribution is -2.22. The monoisotopic (exact) mass is 312 g/mol. The van der Waals surface area contributed by atoms with Gasteiger partial charge in [-0.3, -0.25) is 14.7 Å². The molecular formula is C18H24N4O. The van der Waals surface area contributed by atoms with Gasteiger partial charge in [0.1, 0.15) is 5.52 Å². The number of rotatable bonds is 4. The number of nitrogens with zero attached hydrogens (tertiary/aromatic N) is 3. The van der Waals surface area contributed by atoms with E-state index in [0.29, 0.717) is 29.7 Å². The summed E-state index contributed by atoms with van der Waals surface area (Å²) in [5.74, 6) is 1.25. The molecule has 5 heteroatoms. The Bertz CT molecular complexity index is 773. The highest BCUT2D eigenvalue weighted by Crippen LogP contribution is 2.53. The SMILES string of the molecule is Cc1ccc2nc(NC(=O)CC3CC3(C)C)n(C3CCC3)c2n1. The van der Waals surface area contributed by atoms with Gasteiger partial charge in [0.2, 0.25) is 11.9 Å². The van der Waals surface area contributed by atoms with Crippen LogP contribution in [-0.4, -0.2) is 20.4 Å². The summed E-state index contributed by atoms with van der Waals surface area (Å²) in [6.07, 6.45) is 5.24. The molecule has 2 saturated carbocycles. The first kappa shape index (κ1) is 14.7. The van der Waals surface area contributed by atoms with Crippen LogP contribution in [0.15, 0.2) is 12.1 Å². The molecule has 2 aromatic rings. The Kier molecular flexibility index (Phi) is 3.22. The normalized spacial score (nSPS) is 22.8. The smallest absolute Gasteiger partial charge is 0.226 e. The van der Waals surface area contributed by atoms with Gasteiger partial charge in [0.05, 0.1) is 0 Å². The third-order valence-electron chi connectivity index (χ3n) is 5.52. The van der Waals surface area contributed by atoms with Crippen LogP contribution in [0.5, 0.6) is 0 Å². The number of carbonyl (C=O) groups is 1. The van der Waals surface area contributed by atoms with Crippen LogP contribution in [0.4, 0.5) is 5.95 Å². The second kappa shape index (κ2) is 5.05. The average Bonchev–Trinajstić information content (AvgIpc) is 2.86. The zero-order chi connectivity index (χ0) is 16.2. The zero-order valence-corrected chi connectivity index (χ0v) is 14.1. The highest BCUT2D eigenvalue weighted by atomic mass is 16.1. The van der Waals surface area contributed by atoms with E-state index in [-0.39, 0.29) is 5.91 Å². The Morgan fingerprint density at radius 2 is 2.09 bits per heavy atom. The molecule has 1 atom stereocenters. The molecule has 2 aromatic heterocycles. The third-order valence-corrected chi connectivity index (χ3v) is 5.52. The molecule has 2 aliphatic rings. The molecule has 0 spiro atoms. The van der Waals surface area contributed by atoms with E-state index in [1.807, 2.05) is 19.1 Å². The molecule has 0 aliphatic heterocycles. The van der Waals surface area contributed by atoms with Gasteiger partial charge in [-0.1, -0.05) is 13.8 Å². The van der Waals surface area contributed by atoms with E-state index in [4.69, 9.17) is 0 Å². The first-order valence-electron chi connectivity index (χ1n) is 8.59. The molecule has 23 heavy (non-hydrogen) atoms. The molecule has 4 rings (SSSR count). The lowest BCUT2D eigenvalue weighted by molar-refractivity contribution is -0.116. The van der Waals surface area contributed by atoms with Crippen molar-refractivity contribution < 1.29 is 4.79 Å². The highest BCUT2D eigenvalue weighted by Gasteiger charge is 2.46. The first-order valence-corrected chi connectivity index (χ1v) is 8.59. The van der Waals surface area contributed by atoms with Crippen LogP contribution in [0.2, 0.25) is 0 Å². The Morgan fingerprint density at radius 3 is 2.70 bits per heavy atom. The maximum atomic E-state index is 12.4. The number of carbonyl (C=O) groups excluding carboxylic acids is 1. The quantitative estimate of drug-likeness (QED) is 0.933. The van der Waals surface area contributed by atoms with Crippen LogP contribution in [0.25, 0.3) is 11.2 Å². The number of nitrogens with one attached hydrogen (secondary N) is 1. The van der Waals surface area contributed by atoms with Crippen LogP contribution in [0.3, 0.4) is 0 Å². The molecule has 2 fully saturated rings. The number of hydrogen-bond donors (Lipinski definition) is 1. The van der Waals surface area contributed by atoms with E-state index in [0.717, 1.165) is 36.1 Å². The van der Waals surface area contributed by atoms with Crippen molar-refractivity contribution >= 4 is 23.0 Å². The molecule has 0 bridgehead atoms. The third kappa shape index (κ3) is 2.62. The summed E-state index contributed by atoms with van der Waals surface area (Å²) in [6, 6.07) is 4.38. The Morgan fingerprint density at radius 1 is 1.35 bits per heavy atom. The molecule has 2 heterocycles. The summed E-state index contributed by atoms with van der Waals surface area (Å²) in [4.78, 5) is 21.7. The van der Waals surface area contributed by atoms with E-state index < -0.39 is 0 Å². The Hall–Kier alpha value is -1.91. The predicted molar refractivity (Wildman–Crippen MR) is 90.3 cm³/mol. The van der Waals surface area contributed by atoms with Gasteiger partial charge in [0.15, 0.2) is 5.65 Å². The van der Waals surface area contributed by atoms with Gasteiger partial charge in [-0.2, -0.15) is 0 Å². The summed E-state index contributed by atoms with van der Waals surface area (Å²) < 4.78 is 2.14. The van der Waals surface area contributed by atoms with Gasteiger partial charge in [0.25, 0.3) is 0 Å². The van der Waals surface area contributed by atoms with E-state index in [1.54, 1.807) is 0 Å². The maximum Gasteiger partial charge on any atom is 0.226 e. The molecule has 2 aliphatic carbocycles. The number of anilines is 1. The predicted octanol–water partition coefficient (Wildman–Crippen LogP) is 3.84. The molecule has 1 amide bonds. The molecule has 122 valence electrons. The number of pyridine rings is 1. The van der Waals surface area contributed by atoms with Gasteiger partial charge in [-0.25, -0.2) is 9.97 Å². The summed E-state index contributed by atoms with van der Waals surface area (Å²) in [6.45, 7) is 6.44. The Balaban J connectivity index is 1.62. The van der Waals surface area contributed by atoms with E-state index in [1.165, 1.54) is 6.42 Å². The molecule has 0 aromatic carbocycles. The highest BCUT2D eigenvalue weighted by molar-refractivity contribution is 5.91. The van der Waals surface area contributed by atoms with Crippen LogP contribution in [0, 0.1) is 18.3 Å². The van der Waals surface area contributed by atoms with E-state index >= 15 is 0 Å². The number of aromatic nitrogens is 3. The van der Waals surface area contributed by atoms with Gasteiger partial charge in [-0.05, 0) is 56.1 Å². The second-order valence-electron chi connectivity index (χ2n) is 7.83. The van der Waals surface area contributed by atoms with Crippen LogP contribution >= 0.6 is 0 Å². The average molecular weight is 312 g/mol. The zero-order valence-electron chi connectivity index (χ0n) is 14.1. The maximum absolute atomic E-state index is 12.4. The molecule has 1 N–H and O–H groups in total. The van der Waals surface area contributed by atoms with Crippen molar-refractivity contribution in [2.45, 2.75) is 58.9 Å². The van der Waals surface area contributed by atoms with Crippen molar-refractivity contribution in [3.8, 4) is 0 Å². The number of aryl methyl sites for hydroxylation is 1. The van der Waals surface area contributed by atoms with Crippen molar-refractivity contribution in [1.82, 2.24) is 14.5 Å². The minimum atomic E-state index is 0.0770. The van der Waals surface area contributed by atoms with Gasteiger partial charge in [0, 0.05) is 18.2 Å². The molecule has 0 saturated heterocycles. The molecule has 1 unspecified atom stereocenters. The number of hydrogen-bond acceptors (Lipinski definition) is 3. The lowest BCUT2D eigenvalue weighted by Gasteiger charge is -2.28. The molecule has 5 nitrogen and oxygen atoms in total.